The highest BCUT2D eigenvalue weighted by Crippen LogP contribution is 2.32. The van der Waals surface area contributed by atoms with Crippen LogP contribution in [0.4, 0.5) is 11.6 Å². The average molecular weight is 290 g/mol. The summed E-state index contributed by atoms with van der Waals surface area (Å²) in [6.45, 7) is 14.0. The number of hydrogen-bond donors (Lipinski definition) is 1. The zero-order chi connectivity index (χ0) is 15.5. The fourth-order valence-corrected chi connectivity index (χ4v) is 2.38. The van der Waals surface area contributed by atoms with Crippen molar-refractivity contribution in [3.8, 4) is 0 Å². The fourth-order valence-electron chi connectivity index (χ4n) is 2.38. The lowest BCUT2D eigenvalue weighted by molar-refractivity contribution is 0.543. The smallest absolute Gasteiger partial charge is 0.138 e. The Balaban J connectivity index is 2.31. The SMILES string of the molecule is CCCN(CC1CC1)c1cc(NCC)nc(C(C)(C)C)n1. The van der Waals surface area contributed by atoms with Gasteiger partial charge < -0.3 is 10.2 Å². The number of hydrogen-bond acceptors (Lipinski definition) is 4. The first-order chi connectivity index (χ1) is 9.94. The van der Waals surface area contributed by atoms with Crippen LogP contribution < -0.4 is 10.2 Å². The van der Waals surface area contributed by atoms with Gasteiger partial charge in [0.15, 0.2) is 0 Å². The molecule has 0 unspecified atom stereocenters. The van der Waals surface area contributed by atoms with E-state index in [1.807, 2.05) is 0 Å². The molecule has 2 rings (SSSR count). The van der Waals surface area contributed by atoms with E-state index in [9.17, 15) is 0 Å². The Hall–Kier alpha value is -1.32. The topological polar surface area (TPSA) is 41.0 Å². The maximum atomic E-state index is 4.86. The molecule has 21 heavy (non-hydrogen) atoms. The molecule has 1 N–H and O–H groups in total. The van der Waals surface area contributed by atoms with E-state index in [0.717, 1.165) is 49.4 Å². The van der Waals surface area contributed by atoms with Gasteiger partial charge in [-0.3, -0.25) is 0 Å². The molecule has 1 aliphatic carbocycles. The van der Waals surface area contributed by atoms with Gasteiger partial charge in [-0.1, -0.05) is 27.7 Å². The lowest BCUT2D eigenvalue weighted by atomic mass is 9.96. The van der Waals surface area contributed by atoms with E-state index in [1.54, 1.807) is 0 Å². The summed E-state index contributed by atoms with van der Waals surface area (Å²) in [5.41, 5.74) is -0.0301. The summed E-state index contributed by atoms with van der Waals surface area (Å²) in [6, 6.07) is 2.11. The largest absolute Gasteiger partial charge is 0.370 e. The van der Waals surface area contributed by atoms with Crippen molar-refractivity contribution in [3.05, 3.63) is 11.9 Å². The molecule has 0 spiro atoms. The molecular formula is C17H30N4. The minimum atomic E-state index is -0.0301. The van der Waals surface area contributed by atoms with Crippen molar-refractivity contribution >= 4 is 11.6 Å². The van der Waals surface area contributed by atoms with Gasteiger partial charge in [0.05, 0.1) is 0 Å². The first-order valence-electron chi connectivity index (χ1n) is 8.32. The second-order valence-corrected chi connectivity index (χ2v) is 7.10. The summed E-state index contributed by atoms with van der Waals surface area (Å²) in [6.07, 6.45) is 3.90. The minimum Gasteiger partial charge on any atom is -0.370 e. The molecule has 0 amide bonds. The van der Waals surface area contributed by atoms with Crippen molar-refractivity contribution < 1.29 is 0 Å². The standard InChI is InChI=1S/C17H30N4/c1-6-10-21(12-13-8-9-13)15-11-14(18-7-2)19-16(20-15)17(3,4)5/h11,13H,6-10,12H2,1-5H3,(H,18,19,20). The van der Waals surface area contributed by atoms with E-state index in [1.165, 1.54) is 12.8 Å². The van der Waals surface area contributed by atoms with Crippen molar-refractivity contribution in [2.45, 2.75) is 59.3 Å². The van der Waals surface area contributed by atoms with Crippen LogP contribution in [0.25, 0.3) is 0 Å². The van der Waals surface area contributed by atoms with Gasteiger partial charge in [0, 0.05) is 31.1 Å². The molecule has 0 radical (unpaired) electrons. The Bertz CT molecular complexity index is 460. The highest BCUT2D eigenvalue weighted by atomic mass is 15.2. The quantitative estimate of drug-likeness (QED) is 0.828. The van der Waals surface area contributed by atoms with Gasteiger partial charge in [-0.2, -0.15) is 0 Å². The number of aromatic nitrogens is 2. The molecule has 0 aliphatic heterocycles. The molecule has 0 saturated heterocycles. The minimum absolute atomic E-state index is 0.0301. The van der Waals surface area contributed by atoms with Crippen LogP contribution in [0.5, 0.6) is 0 Å². The normalized spacial score (nSPS) is 15.1. The van der Waals surface area contributed by atoms with Gasteiger partial charge in [-0.15, -0.1) is 0 Å². The molecule has 1 fully saturated rings. The lowest BCUT2D eigenvalue weighted by Gasteiger charge is -2.26. The van der Waals surface area contributed by atoms with Crippen LogP contribution in [0.3, 0.4) is 0 Å². The molecule has 0 bridgehead atoms. The summed E-state index contributed by atoms with van der Waals surface area (Å²) in [5.74, 6) is 3.82. The molecule has 1 aliphatic rings. The summed E-state index contributed by atoms with van der Waals surface area (Å²) < 4.78 is 0. The van der Waals surface area contributed by atoms with E-state index < -0.39 is 0 Å². The number of nitrogens with zero attached hydrogens (tertiary/aromatic N) is 3. The van der Waals surface area contributed by atoms with Crippen LogP contribution in [0, 0.1) is 5.92 Å². The first kappa shape index (κ1) is 16.1. The number of nitrogens with one attached hydrogen (secondary N) is 1. The molecule has 4 heteroatoms. The lowest BCUT2D eigenvalue weighted by Crippen LogP contribution is -2.29. The third kappa shape index (κ3) is 4.58. The summed E-state index contributed by atoms with van der Waals surface area (Å²) >= 11 is 0. The second kappa shape index (κ2) is 6.63. The highest BCUT2D eigenvalue weighted by molar-refractivity contribution is 5.50. The molecule has 4 nitrogen and oxygen atoms in total. The van der Waals surface area contributed by atoms with Crippen molar-refractivity contribution in [2.24, 2.45) is 5.92 Å². The van der Waals surface area contributed by atoms with E-state index in [2.05, 4.69) is 55.9 Å². The van der Waals surface area contributed by atoms with E-state index in [0.29, 0.717) is 0 Å². The summed E-state index contributed by atoms with van der Waals surface area (Å²) in [5, 5.41) is 3.35. The average Bonchev–Trinajstić information content (AvgIpc) is 3.21. The van der Waals surface area contributed by atoms with Crippen LogP contribution in [0.1, 0.15) is 59.7 Å². The molecular weight excluding hydrogens is 260 g/mol. The van der Waals surface area contributed by atoms with Gasteiger partial charge in [-0.05, 0) is 32.1 Å². The van der Waals surface area contributed by atoms with E-state index >= 15 is 0 Å². The Kier molecular flexibility index (Phi) is 5.07. The maximum Gasteiger partial charge on any atom is 0.138 e. The van der Waals surface area contributed by atoms with Crippen LogP contribution in [-0.2, 0) is 5.41 Å². The molecule has 0 atom stereocenters. The zero-order valence-electron chi connectivity index (χ0n) is 14.2. The Labute approximate surface area is 129 Å². The molecule has 1 aromatic heterocycles. The van der Waals surface area contributed by atoms with Crippen LogP contribution in [0.2, 0.25) is 0 Å². The van der Waals surface area contributed by atoms with Gasteiger partial charge in [0.1, 0.15) is 17.5 Å². The predicted octanol–water partition coefficient (Wildman–Crippen LogP) is 3.83. The second-order valence-electron chi connectivity index (χ2n) is 7.10. The monoisotopic (exact) mass is 290 g/mol. The molecule has 1 saturated carbocycles. The first-order valence-corrected chi connectivity index (χ1v) is 8.32. The van der Waals surface area contributed by atoms with Gasteiger partial charge in [0.25, 0.3) is 0 Å². The zero-order valence-corrected chi connectivity index (χ0v) is 14.2. The number of anilines is 2. The third-order valence-electron chi connectivity index (χ3n) is 3.73. The van der Waals surface area contributed by atoms with Crippen LogP contribution in [0.15, 0.2) is 6.07 Å². The fraction of sp³-hybridized carbons (Fsp3) is 0.765. The van der Waals surface area contributed by atoms with Crippen molar-refractivity contribution in [3.63, 3.8) is 0 Å². The maximum absolute atomic E-state index is 4.86. The number of rotatable bonds is 7. The molecule has 118 valence electrons. The van der Waals surface area contributed by atoms with Crippen molar-refractivity contribution in [1.29, 1.82) is 0 Å². The third-order valence-corrected chi connectivity index (χ3v) is 3.73. The Morgan fingerprint density at radius 3 is 2.48 bits per heavy atom. The van der Waals surface area contributed by atoms with Gasteiger partial charge >= 0.3 is 0 Å². The highest BCUT2D eigenvalue weighted by Gasteiger charge is 2.26. The van der Waals surface area contributed by atoms with Crippen molar-refractivity contribution in [1.82, 2.24) is 9.97 Å². The van der Waals surface area contributed by atoms with Crippen molar-refractivity contribution in [2.75, 3.05) is 29.9 Å². The van der Waals surface area contributed by atoms with Crippen LogP contribution in [-0.4, -0.2) is 29.6 Å². The predicted molar refractivity (Wildman–Crippen MR) is 90.1 cm³/mol. The van der Waals surface area contributed by atoms with E-state index in [4.69, 9.17) is 4.98 Å². The van der Waals surface area contributed by atoms with Gasteiger partial charge in [-0.25, -0.2) is 9.97 Å². The molecule has 1 aromatic rings. The molecule has 0 aromatic carbocycles. The molecule has 1 heterocycles. The summed E-state index contributed by atoms with van der Waals surface area (Å²) in [4.78, 5) is 12.0. The van der Waals surface area contributed by atoms with E-state index in [-0.39, 0.29) is 5.41 Å². The Morgan fingerprint density at radius 1 is 1.24 bits per heavy atom. The van der Waals surface area contributed by atoms with Gasteiger partial charge in [0.2, 0.25) is 0 Å². The summed E-state index contributed by atoms with van der Waals surface area (Å²) in [7, 11) is 0. The Morgan fingerprint density at radius 2 is 1.95 bits per heavy atom. The van der Waals surface area contributed by atoms with Crippen LogP contribution >= 0.6 is 0 Å².